The molecular weight excluding hydrogens is 248 g/mol. The third kappa shape index (κ3) is 3.22. The predicted octanol–water partition coefficient (Wildman–Crippen LogP) is 2.48. The summed E-state index contributed by atoms with van der Waals surface area (Å²) in [4.78, 5) is 2.58. The molecule has 112 valence electrons. The van der Waals surface area contributed by atoms with Crippen LogP contribution in [0.2, 0.25) is 0 Å². The van der Waals surface area contributed by atoms with E-state index >= 15 is 0 Å². The Morgan fingerprint density at radius 2 is 2.05 bits per heavy atom. The van der Waals surface area contributed by atoms with Gasteiger partial charge in [0.15, 0.2) is 0 Å². The van der Waals surface area contributed by atoms with Crippen LogP contribution in [-0.4, -0.2) is 44.3 Å². The maximum Gasteiger partial charge on any atom is 0.0590 e. The molecule has 1 fully saturated rings. The fourth-order valence-corrected chi connectivity index (χ4v) is 3.01. The third-order valence-electron chi connectivity index (χ3n) is 4.59. The molecule has 1 aromatic carbocycles. The van der Waals surface area contributed by atoms with Crippen LogP contribution in [-0.2, 0) is 10.3 Å². The Morgan fingerprint density at radius 1 is 1.35 bits per heavy atom. The van der Waals surface area contributed by atoms with Gasteiger partial charge < -0.3 is 10.1 Å². The highest BCUT2D eigenvalue weighted by Crippen LogP contribution is 2.31. The first-order chi connectivity index (χ1) is 9.58. The standard InChI is InChI=1S/C17H28N2O/c1-14(2)16-12-19(10-11-20-4)17(3,13-18-16)15-8-6-5-7-9-15/h5-9,14,16,18H,10-13H2,1-4H3. The van der Waals surface area contributed by atoms with Crippen molar-refractivity contribution in [2.45, 2.75) is 32.4 Å². The smallest absolute Gasteiger partial charge is 0.0590 e. The predicted molar refractivity (Wildman–Crippen MR) is 83.9 cm³/mol. The van der Waals surface area contributed by atoms with Crippen LogP contribution < -0.4 is 5.32 Å². The molecule has 20 heavy (non-hydrogen) atoms. The molecule has 3 heteroatoms. The topological polar surface area (TPSA) is 24.5 Å². The molecule has 0 radical (unpaired) electrons. The number of ether oxygens (including phenoxy) is 1. The number of nitrogens with zero attached hydrogens (tertiary/aromatic N) is 1. The molecule has 0 bridgehead atoms. The molecule has 2 rings (SSSR count). The number of piperazine rings is 1. The lowest BCUT2D eigenvalue weighted by Gasteiger charge is -2.49. The molecule has 1 heterocycles. The van der Waals surface area contributed by atoms with Gasteiger partial charge in [0, 0.05) is 32.8 Å². The van der Waals surface area contributed by atoms with E-state index in [0.717, 1.165) is 26.2 Å². The first-order valence-corrected chi connectivity index (χ1v) is 7.61. The average molecular weight is 276 g/mol. The van der Waals surface area contributed by atoms with Gasteiger partial charge in [-0.25, -0.2) is 0 Å². The molecule has 2 atom stereocenters. The summed E-state index contributed by atoms with van der Waals surface area (Å²) in [5.41, 5.74) is 1.43. The molecule has 0 aromatic heterocycles. The quantitative estimate of drug-likeness (QED) is 0.894. The summed E-state index contributed by atoms with van der Waals surface area (Å²) in [6, 6.07) is 11.4. The lowest BCUT2D eigenvalue weighted by molar-refractivity contribution is 0.0183. The molecule has 1 saturated heterocycles. The van der Waals surface area contributed by atoms with Gasteiger partial charge in [-0.05, 0) is 18.4 Å². The van der Waals surface area contributed by atoms with Crippen molar-refractivity contribution in [1.29, 1.82) is 0 Å². The SMILES string of the molecule is COCCN1CC(C(C)C)NCC1(C)c1ccccc1. The Kier molecular flexibility index (Phi) is 5.19. The van der Waals surface area contributed by atoms with E-state index in [-0.39, 0.29) is 5.54 Å². The number of benzene rings is 1. The van der Waals surface area contributed by atoms with Gasteiger partial charge in [0.1, 0.15) is 0 Å². The first-order valence-electron chi connectivity index (χ1n) is 7.61. The highest BCUT2D eigenvalue weighted by Gasteiger charge is 2.39. The average Bonchev–Trinajstić information content (AvgIpc) is 2.47. The van der Waals surface area contributed by atoms with Gasteiger partial charge in [0.2, 0.25) is 0 Å². The molecule has 3 nitrogen and oxygen atoms in total. The molecule has 0 amide bonds. The van der Waals surface area contributed by atoms with Crippen LogP contribution in [0.3, 0.4) is 0 Å². The minimum atomic E-state index is 0.0468. The summed E-state index contributed by atoms with van der Waals surface area (Å²) in [7, 11) is 1.78. The highest BCUT2D eigenvalue weighted by atomic mass is 16.5. The van der Waals surface area contributed by atoms with Crippen molar-refractivity contribution in [2.75, 3.05) is 33.4 Å². The Balaban J connectivity index is 2.21. The first kappa shape index (κ1) is 15.5. The second-order valence-corrected chi connectivity index (χ2v) is 6.31. The molecule has 0 aliphatic carbocycles. The molecule has 1 aliphatic rings. The summed E-state index contributed by atoms with van der Waals surface area (Å²) in [6.45, 7) is 10.7. The summed E-state index contributed by atoms with van der Waals surface area (Å²) in [5.74, 6) is 0.653. The van der Waals surface area contributed by atoms with Gasteiger partial charge in [0.05, 0.1) is 12.1 Å². The lowest BCUT2D eigenvalue weighted by atomic mass is 9.85. The van der Waals surface area contributed by atoms with E-state index in [1.807, 2.05) is 0 Å². The van der Waals surface area contributed by atoms with Crippen molar-refractivity contribution in [3.05, 3.63) is 35.9 Å². The monoisotopic (exact) mass is 276 g/mol. The van der Waals surface area contributed by atoms with E-state index in [2.05, 4.69) is 61.3 Å². The fourth-order valence-electron chi connectivity index (χ4n) is 3.01. The van der Waals surface area contributed by atoms with E-state index in [1.54, 1.807) is 7.11 Å². The molecule has 1 aromatic rings. The largest absolute Gasteiger partial charge is 0.383 e. The summed E-state index contributed by atoms with van der Waals surface area (Å²) >= 11 is 0. The van der Waals surface area contributed by atoms with Crippen LogP contribution in [0.25, 0.3) is 0 Å². The number of rotatable bonds is 5. The fraction of sp³-hybridized carbons (Fsp3) is 0.647. The highest BCUT2D eigenvalue weighted by molar-refractivity contribution is 5.25. The van der Waals surface area contributed by atoms with E-state index in [4.69, 9.17) is 4.74 Å². The van der Waals surface area contributed by atoms with Crippen LogP contribution in [0.15, 0.2) is 30.3 Å². The van der Waals surface area contributed by atoms with Gasteiger partial charge >= 0.3 is 0 Å². The van der Waals surface area contributed by atoms with Crippen molar-refractivity contribution in [3.8, 4) is 0 Å². The van der Waals surface area contributed by atoms with Crippen LogP contribution in [0.1, 0.15) is 26.3 Å². The summed E-state index contributed by atoms with van der Waals surface area (Å²) in [5, 5.41) is 3.73. The molecule has 1 aliphatic heterocycles. The van der Waals surface area contributed by atoms with E-state index < -0.39 is 0 Å². The van der Waals surface area contributed by atoms with Crippen LogP contribution in [0.4, 0.5) is 0 Å². The Labute approximate surface area is 123 Å². The molecule has 1 N–H and O–H groups in total. The van der Waals surface area contributed by atoms with E-state index in [0.29, 0.717) is 12.0 Å². The van der Waals surface area contributed by atoms with Gasteiger partial charge in [0.25, 0.3) is 0 Å². The van der Waals surface area contributed by atoms with Gasteiger partial charge in [-0.15, -0.1) is 0 Å². The second kappa shape index (κ2) is 6.70. The van der Waals surface area contributed by atoms with Crippen LogP contribution >= 0.6 is 0 Å². The zero-order valence-corrected chi connectivity index (χ0v) is 13.2. The molecule has 0 saturated carbocycles. The Hall–Kier alpha value is -0.900. The number of hydrogen-bond acceptors (Lipinski definition) is 3. The van der Waals surface area contributed by atoms with Crippen molar-refractivity contribution in [2.24, 2.45) is 5.92 Å². The summed E-state index contributed by atoms with van der Waals surface area (Å²) < 4.78 is 5.31. The lowest BCUT2D eigenvalue weighted by Crippen LogP contribution is -2.63. The summed E-state index contributed by atoms with van der Waals surface area (Å²) in [6.07, 6.45) is 0. The van der Waals surface area contributed by atoms with Crippen molar-refractivity contribution >= 4 is 0 Å². The Bertz CT molecular complexity index is 407. The molecule has 0 spiro atoms. The minimum absolute atomic E-state index is 0.0468. The van der Waals surface area contributed by atoms with Crippen molar-refractivity contribution < 1.29 is 4.74 Å². The maximum absolute atomic E-state index is 5.31. The molecule has 2 unspecified atom stereocenters. The minimum Gasteiger partial charge on any atom is -0.383 e. The van der Waals surface area contributed by atoms with Crippen LogP contribution in [0.5, 0.6) is 0 Å². The zero-order chi connectivity index (χ0) is 14.6. The van der Waals surface area contributed by atoms with Gasteiger partial charge in [-0.1, -0.05) is 44.2 Å². The van der Waals surface area contributed by atoms with Crippen molar-refractivity contribution in [1.82, 2.24) is 10.2 Å². The number of hydrogen-bond donors (Lipinski definition) is 1. The number of methoxy groups -OCH3 is 1. The van der Waals surface area contributed by atoms with Crippen molar-refractivity contribution in [3.63, 3.8) is 0 Å². The van der Waals surface area contributed by atoms with E-state index in [9.17, 15) is 0 Å². The normalized spacial score (nSPS) is 27.9. The second-order valence-electron chi connectivity index (χ2n) is 6.31. The third-order valence-corrected chi connectivity index (χ3v) is 4.59. The van der Waals surface area contributed by atoms with Gasteiger partial charge in [-0.3, -0.25) is 4.90 Å². The van der Waals surface area contributed by atoms with E-state index in [1.165, 1.54) is 5.56 Å². The zero-order valence-electron chi connectivity index (χ0n) is 13.2. The number of nitrogens with one attached hydrogen (secondary N) is 1. The molecular formula is C17H28N2O. The van der Waals surface area contributed by atoms with Gasteiger partial charge in [-0.2, -0.15) is 0 Å². The van der Waals surface area contributed by atoms with Crippen LogP contribution in [0, 0.1) is 5.92 Å². The maximum atomic E-state index is 5.31. The Morgan fingerprint density at radius 3 is 2.65 bits per heavy atom.